The fraction of sp³-hybridized carbons (Fsp3) is 0.370. The molecule has 0 atom stereocenters. The molecule has 6 heteroatoms. The lowest BCUT2D eigenvalue weighted by Crippen LogP contribution is -2.51. The van der Waals surface area contributed by atoms with E-state index < -0.39 is 5.41 Å². The Morgan fingerprint density at radius 2 is 1.70 bits per heavy atom. The summed E-state index contributed by atoms with van der Waals surface area (Å²) in [6.07, 6.45) is 2.29. The highest BCUT2D eigenvalue weighted by molar-refractivity contribution is 5.84. The van der Waals surface area contributed by atoms with Crippen molar-refractivity contribution in [2.45, 2.75) is 39.5 Å². The molecule has 2 aromatic carbocycles. The maximum absolute atomic E-state index is 13.1. The molecule has 0 saturated carbocycles. The summed E-state index contributed by atoms with van der Waals surface area (Å²) in [4.78, 5) is 28.0. The van der Waals surface area contributed by atoms with Crippen molar-refractivity contribution in [1.29, 1.82) is 0 Å². The average Bonchev–Trinajstić information content (AvgIpc) is 3.16. The van der Waals surface area contributed by atoms with Gasteiger partial charge in [-0.15, -0.1) is 0 Å². The number of aryl methyl sites for hydroxylation is 2. The normalized spacial score (nSPS) is 15.3. The van der Waals surface area contributed by atoms with E-state index >= 15 is 0 Å². The van der Waals surface area contributed by atoms with Crippen LogP contribution in [0.2, 0.25) is 0 Å². The van der Waals surface area contributed by atoms with Crippen LogP contribution in [0, 0.1) is 19.3 Å². The van der Waals surface area contributed by atoms with Crippen molar-refractivity contribution in [2.75, 3.05) is 20.1 Å². The average molecular weight is 445 g/mol. The molecule has 3 aromatic rings. The van der Waals surface area contributed by atoms with Crippen molar-refractivity contribution in [3.63, 3.8) is 0 Å². The second kappa shape index (κ2) is 9.61. The zero-order valence-corrected chi connectivity index (χ0v) is 19.6. The minimum atomic E-state index is -0.530. The van der Waals surface area contributed by atoms with E-state index in [1.54, 1.807) is 7.05 Å². The van der Waals surface area contributed by atoms with Gasteiger partial charge in [0.2, 0.25) is 11.8 Å². The fourth-order valence-electron chi connectivity index (χ4n) is 4.97. The number of benzene rings is 2. The van der Waals surface area contributed by atoms with Crippen LogP contribution in [0.15, 0.2) is 54.6 Å². The number of carbonyl (C=O) groups excluding carboxylic acids is 2. The van der Waals surface area contributed by atoms with Crippen LogP contribution >= 0.6 is 0 Å². The van der Waals surface area contributed by atoms with E-state index in [2.05, 4.69) is 39.8 Å². The van der Waals surface area contributed by atoms with Gasteiger partial charge < -0.3 is 10.2 Å². The summed E-state index contributed by atoms with van der Waals surface area (Å²) < 4.78 is 0. The first-order valence-electron chi connectivity index (χ1n) is 11.6. The number of aromatic nitrogens is 2. The van der Waals surface area contributed by atoms with Crippen LogP contribution in [0.3, 0.4) is 0 Å². The largest absolute Gasteiger partial charge is 0.359 e. The number of rotatable bonds is 6. The number of nitrogens with one attached hydrogen (secondary N) is 2. The Balaban J connectivity index is 1.53. The van der Waals surface area contributed by atoms with Gasteiger partial charge in [0.05, 0.1) is 17.5 Å². The lowest BCUT2D eigenvalue weighted by Gasteiger charge is -2.41. The summed E-state index contributed by atoms with van der Waals surface area (Å²) in [7, 11) is 1.70. The molecule has 1 fully saturated rings. The number of H-pyrrole nitrogens is 1. The van der Waals surface area contributed by atoms with Gasteiger partial charge in [-0.05, 0) is 49.8 Å². The molecule has 2 N–H and O–H groups in total. The van der Waals surface area contributed by atoms with Crippen LogP contribution in [0.1, 0.15) is 35.4 Å². The van der Waals surface area contributed by atoms with Crippen molar-refractivity contribution in [1.82, 2.24) is 20.4 Å². The highest BCUT2D eigenvalue weighted by Crippen LogP contribution is 2.38. The van der Waals surface area contributed by atoms with E-state index in [0.717, 1.165) is 33.6 Å². The SMILES string of the molecule is CNC(=O)C1(Cc2ccccc2-c2ccccc2)CCN(C(=O)Cc2c(C)n[nH]c2C)CC1. The maximum atomic E-state index is 13.1. The molecule has 33 heavy (non-hydrogen) atoms. The van der Waals surface area contributed by atoms with Crippen molar-refractivity contribution in [3.8, 4) is 11.1 Å². The molecule has 6 nitrogen and oxygen atoms in total. The summed E-state index contributed by atoms with van der Waals surface area (Å²) >= 11 is 0. The molecular weight excluding hydrogens is 412 g/mol. The third kappa shape index (κ3) is 4.70. The van der Waals surface area contributed by atoms with Crippen molar-refractivity contribution in [2.24, 2.45) is 5.41 Å². The molecule has 0 bridgehead atoms. The molecule has 1 saturated heterocycles. The minimum Gasteiger partial charge on any atom is -0.359 e. The molecule has 0 unspecified atom stereocenters. The van der Waals surface area contributed by atoms with Gasteiger partial charge >= 0.3 is 0 Å². The standard InChI is InChI=1S/C27H32N4O2/c1-19-24(20(2)30-29-19)17-25(32)31-15-13-27(14-16-31,26(33)28-3)18-22-11-7-8-12-23(22)21-9-5-4-6-10-21/h4-12H,13-18H2,1-3H3,(H,28,33)(H,29,30). The summed E-state index contributed by atoms with van der Waals surface area (Å²) in [5.41, 5.74) is 5.73. The number of piperidine rings is 1. The highest BCUT2D eigenvalue weighted by atomic mass is 16.2. The number of likely N-dealkylation sites (tertiary alicyclic amines) is 1. The molecule has 1 aromatic heterocycles. The number of nitrogens with zero attached hydrogens (tertiary/aromatic N) is 2. The molecule has 1 aliphatic rings. The van der Waals surface area contributed by atoms with Gasteiger partial charge in [0.25, 0.3) is 0 Å². The first kappa shape index (κ1) is 22.8. The van der Waals surface area contributed by atoms with Gasteiger partial charge in [0.1, 0.15) is 0 Å². The molecular formula is C27H32N4O2. The van der Waals surface area contributed by atoms with Crippen LogP contribution in [-0.4, -0.2) is 47.0 Å². The quantitative estimate of drug-likeness (QED) is 0.607. The summed E-state index contributed by atoms with van der Waals surface area (Å²) in [6.45, 7) is 5.02. The van der Waals surface area contributed by atoms with Gasteiger partial charge in [0.15, 0.2) is 0 Å². The summed E-state index contributed by atoms with van der Waals surface area (Å²) in [6, 6.07) is 18.6. The molecule has 0 aliphatic carbocycles. The Labute approximate surface area is 195 Å². The number of amides is 2. The Bertz CT molecular complexity index is 1110. The number of aromatic amines is 1. The summed E-state index contributed by atoms with van der Waals surface area (Å²) in [5.74, 6) is 0.150. The van der Waals surface area contributed by atoms with E-state index in [9.17, 15) is 9.59 Å². The zero-order valence-electron chi connectivity index (χ0n) is 19.6. The van der Waals surface area contributed by atoms with E-state index in [1.807, 2.05) is 49.1 Å². The van der Waals surface area contributed by atoms with Gasteiger partial charge in [-0.2, -0.15) is 5.10 Å². The lowest BCUT2D eigenvalue weighted by atomic mass is 9.72. The van der Waals surface area contributed by atoms with Crippen LogP contribution < -0.4 is 5.32 Å². The summed E-state index contributed by atoms with van der Waals surface area (Å²) in [5, 5.41) is 10.1. The molecule has 0 spiro atoms. The van der Waals surface area contributed by atoms with Crippen LogP contribution in [-0.2, 0) is 22.4 Å². The van der Waals surface area contributed by atoms with Crippen LogP contribution in [0.4, 0.5) is 0 Å². The van der Waals surface area contributed by atoms with Crippen LogP contribution in [0.5, 0.6) is 0 Å². The second-order valence-electron chi connectivity index (χ2n) is 9.03. The smallest absolute Gasteiger partial charge is 0.227 e. The van der Waals surface area contributed by atoms with Gasteiger partial charge in [-0.25, -0.2) is 0 Å². The number of hydrogen-bond donors (Lipinski definition) is 2. The van der Waals surface area contributed by atoms with E-state index in [4.69, 9.17) is 0 Å². The third-order valence-corrected chi connectivity index (χ3v) is 7.02. The third-order valence-electron chi connectivity index (χ3n) is 7.02. The predicted octanol–water partition coefficient (Wildman–Crippen LogP) is 3.83. The second-order valence-corrected chi connectivity index (χ2v) is 9.03. The lowest BCUT2D eigenvalue weighted by molar-refractivity contribution is -0.140. The van der Waals surface area contributed by atoms with Gasteiger partial charge in [-0.1, -0.05) is 54.6 Å². The minimum absolute atomic E-state index is 0.0546. The van der Waals surface area contributed by atoms with Gasteiger partial charge in [-0.3, -0.25) is 14.7 Å². The topological polar surface area (TPSA) is 78.1 Å². The monoisotopic (exact) mass is 444 g/mol. The molecule has 172 valence electrons. The van der Waals surface area contributed by atoms with E-state index in [0.29, 0.717) is 38.8 Å². The molecule has 2 amide bonds. The highest BCUT2D eigenvalue weighted by Gasteiger charge is 2.42. The Morgan fingerprint density at radius 3 is 2.33 bits per heavy atom. The fourth-order valence-corrected chi connectivity index (χ4v) is 4.97. The van der Waals surface area contributed by atoms with Crippen LogP contribution in [0.25, 0.3) is 11.1 Å². The van der Waals surface area contributed by atoms with Crippen molar-refractivity contribution < 1.29 is 9.59 Å². The Hall–Kier alpha value is -3.41. The van der Waals surface area contributed by atoms with E-state index in [-0.39, 0.29) is 11.8 Å². The maximum Gasteiger partial charge on any atom is 0.227 e. The van der Waals surface area contributed by atoms with Crippen molar-refractivity contribution >= 4 is 11.8 Å². The van der Waals surface area contributed by atoms with Crippen molar-refractivity contribution in [3.05, 3.63) is 77.1 Å². The first-order chi connectivity index (χ1) is 15.9. The number of carbonyl (C=O) groups is 2. The van der Waals surface area contributed by atoms with E-state index in [1.165, 1.54) is 0 Å². The molecule has 1 aliphatic heterocycles. The first-order valence-corrected chi connectivity index (χ1v) is 11.6. The predicted molar refractivity (Wildman–Crippen MR) is 130 cm³/mol. The Morgan fingerprint density at radius 1 is 1.03 bits per heavy atom. The molecule has 2 heterocycles. The molecule has 0 radical (unpaired) electrons. The molecule has 4 rings (SSSR count). The Kier molecular flexibility index (Phi) is 6.63. The zero-order chi connectivity index (χ0) is 23.4. The van der Waals surface area contributed by atoms with Gasteiger partial charge in [0, 0.05) is 31.4 Å². The number of hydrogen-bond acceptors (Lipinski definition) is 3.